The predicted octanol–water partition coefficient (Wildman–Crippen LogP) is 4.77. The number of methoxy groups -OCH3 is 1. The van der Waals surface area contributed by atoms with Crippen molar-refractivity contribution < 1.29 is 13.9 Å². The van der Waals surface area contributed by atoms with Crippen LogP contribution in [0.2, 0.25) is 0 Å². The van der Waals surface area contributed by atoms with Gasteiger partial charge in [-0.05, 0) is 74.2 Å². The van der Waals surface area contributed by atoms with E-state index in [-0.39, 0.29) is 11.7 Å². The van der Waals surface area contributed by atoms with Gasteiger partial charge in [-0.1, -0.05) is 18.6 Å². The van der Waals surface area contributed by atoms with Crippen molar-refractivity contribution in [2.45, 2.75) is 37.8 Å². The molecule has 4 rings (SSSR count). The number of carbonyl (C=O) groups is 1. The predicted molar refractivity (Wildman–Crippen MR) is 111 cm³/mol. The molecular weight excluding hydrogens is 375 g/mol. The van der Waals surface area contributed by atoms with Crippen molar-refractivity contribution in [2.24, 2.45) is 4.99 Å². The van der Waals surface area contributed by atoms with Gasteiger partial charge in [-0.15, -0.1) is 0 Å². The molecule has 1 aliphatic carbocycles. The summed E-state index contributed by atoms with van der Waals surface area (Å²) in [5, 5.41) is 0. The van der Waals surface area contributed by atoms with Crippen molar-refractivity contribution in [1.82, 2.24) is 4.90 Å². The van der Waals surface area contributed by atoms with Crippen molar-refractivity contribution in [2.75, 3.05) is 7.11 Å². The summed E-state index contributed by atoms with van der Waals surface area (Å²) in [5.41, 5.74) is 1.30. The van der Waals surface area contributed by atoms with Crippen LogP contribution in [0.1, 0.15) is 48.0 Å². The van der Waals surface area contributed by atoms with Crippen LogP contribution in [0.3, 0.4) is 0 Å². The molecule has 1 spiro atoms. The molecule has 0 N–H and O–H groups in total. The molecule has 1 heterocycles. The molecule has 144 valence electrons. The number of carbonyl (C=O) groups excluding carboxylic acids is 1. The first kappa shape index (κ1) is 18.7. The summed E-state index contributed by atoms with van der Waals surface area (Å²) in [6, 6.07) is 13.1. The minimum Gasteiger partial charge on any atom is -0.497 e. The highest BCUT2D eigenvalue weighted by Gasteiger charge is 2.48. The van der Waals surface area contributed by atoms with Gasteiger partial charge in [-0.25, -0.2) is 4.39 Å². The molecule has 1 amide bonds. The molecule has 2 aliphatic rings. The molecule has 0 unspecified atom stereocenters. The number of aliphatic imine (C=N–C) groups is 1. The Labute approximate surface area is 169 Å². The number of ether oxygens (including phenoxy) is 1. The average molecular weight is 396 g/mol. The van der Waals surface area contributed by atoms with E-state index in [1.165, 1.54) is 24.3 Å². The van der Waals surface area contributed by atoms with Gasteiger partial charge in [0.1, 0.15) is 27.9 Å². The quantitative estimate of drug-likeness (QED) is 0.702. The SMILES string of the molecule is COc1ccc(C2=NC3(CCCCC3)N(C(=O)c3ccc(F)cc3)C2=S)cc1. The number of benzene rings is 2. The maximum Gasteiger partial charge on any atom is 0.260 e. The Balaban J connectivity index is 1.74. The van der Waals surface area contributed by atoms with Gasteiger partial charge in [-0.2, -0.15) is 0 Å². The molecule has 1 fully saturated rings. The van der Waals surface area contributed by atoms with Gasteiger partial charge in [0.05, 0.1) is 7.11 Å². The maximum absolute atomic E-state index is 13.3. The van der Waals surface area contributed by atoms with E-state index in [0.29, 0.717) is 16.3 Å². The Morgan fingerprint density at radius 1 is 1.07 bits per heavy atom. The second-order valence-corrected chi connectivity index (χ2v) is 7.57. The smallest absolute Gasteiger partial charge is 0.260 e. The zero-order valence-electron chi connectivity index (χ0n) is 15.7. The summed E-state index contributed by atoms with van der Waals surface area (Å²) in [6.07, 6.45) is 4.67. The number of hydrogen-bond acceptors (Lipinski definition) is 4. The maximum atomic E-state index is 13.3. The zero-order chi connectivity index (χ0) is 19.7. The number of thiocarbonyl (C=S) groups is 1. The van der Waals surface area contributed by atoms with Crippen LogP contribution in [0, 0.1) is 5.82 Å². The van der Waals surface area contributed by atoms with E-state index < -0.39 is 5.66 Å². The van der Waals surface area contributed by atoms with Crippen LogP contribution in [-0.4, -0.2) is 34.3 Å². The highest BCUT2D eigenvalue weighted by atomic mass is 32.1. The summed E-state index contributed by atoms with van der Waals surface area (Å²) in [6.45, 7) is 0. The largest absolute Gasteiger partial charge is 0.497 e. The fourth-order valence-electron chi connectivity index (χ4n) is 3.99. The van der Waals surface area contributed by atoms with Crippen molar-refractivity contribution in [3.05, 3.63) is 65.5 Å². The van der Waals surface area contributed by atoms with Crippen LogP contribution < -0.4 is 4.74 Å². The molecule has 1 saturated carbocycles. The molecule has 4 nitrogen and oxygen atoms in total. The van der Waals surface area contributed by atoms with Gasteiger partial charge in [0, 0.05) is 11.1 Å². The average Bonchev–Trinajstić information content (AvgIpc) is 3.00. The van der Waals surface area contributed by atoms with E-state index in [4.69, 9.17) is 21.9 Å². The normalized spacial score (nSPS) is 18.3. The highest BCUT2D eigenvalue weighted by molar-refractivity contribution is 7.82. The topological polar surface area (TPSA) is 41.9 Å². The molecule has 6 heteroatoms. The molecule has 0 atom stereocenters. The van der Waals surface area contributed by atoms with Gasteiger partial charge >= 0.3 is 0 Å². The number of amides is 1. The van der Waals surface area contributed by atoms with Gasteiger partial charge in [-0.3, -0.25) is 14.7 Å². The Hall–Kier alpha value is -2.60. The summed E-state index contributed by atoms with van der Waals surface area (Å²) >= 11 is 5.73. The minimum atomic E-state index is -0.643. The molecule has 0 bridgehead atoms. The van der Waals surface area contributed by atoms with Gasteiger partial charge in [0.15, 0.2) is 0 Å². The lowest BCUT2D eigenvalue weighted by atomic mass is 9.88. The molecule has 1 aliphatic heterocycles. The molecular formula is C22H21FN2O2S. The van der Waals surface area contributed by atoms with Gasteiger partial charge in [0.25, 0.3) is 5.91 Å². The van der Waals surface area contributed by atoms with Crippen LogP contribution in [0.25, 0.3) is 0 Å². The first-order valence-electron chi connectivity index (χ1n) is 9.43. The fraction of sp³-hybridized carbons (Fsp3) is 0.318. The number of halogens is 1. The third-order valence-corrected chi connectivity index (χ3v) is 5.83. The molecule has 0 aromatic heterocycles. The summed E-state index contributed by atoms with van der Waals surface area (Å²) in [4.78, 5) is 20.4. The number of hydrogen-bond donors (Lipinski definition) is 0. The third-order valence-electron chi connectivity index (χ3n) is 5.45. The third kappa shape index (κ3) is 3.22. The monoisotopic (exact) mass is 396 g/mol. The van der Waals surface area contributed by atoms with E-state index in [1.807, 2.05) is 24.3 Å². The first-order valence-corrected chi connectivity index (χ1v) is 9.84. The van der Waals surface area contributed by atoms with Crippen LogP contribution in [0.5, 0.6) is 5.75 Å². The summed E-state index contributed by atoms with van der Waals surface area (Å²) in [7, 11) is 1.62. The van der Waals surface area contributed by atoms with E-state index in [0.717, 1.165) is 43.4 Å². The fourth-order valence-corrected chi connectivity index (χ4v) is 4.41. The first-order chi connectivity index (χ1) is 13.5. The van der Waals surface area contributed by atoms with Crippen LogP contribution in [-0.2, 0) is 0 Å². The van der Waals surface area contributed by atoms with Gasteiger partial charge < -0.3 is 4.74 Å². The van der Waals surface area contributed by atoms with Gasteiger partial charge in [0.2, 0.25) is 0 Å². The van der Waals surface area contributed by atoms with E-state index in [2.05, 4.69) is 0 Å². The summed E-state index contributed by atoms with van der Waals surface area (Å²) in [5.74, 6) is 0.155. The molecule has 2 aromatic carbocycles. The van der Waals surface area contributed by atoms with E-state index >= 15 is 0 Å². The van der Waals surface area contributed by atoms with Crippen molar-refractivity contribution in [1.29, 1.82) is 0 Å². The van der Waals surface area contributed by atoms with Crippen LogP contribution in [0.15, 0.2) is 53.5 Å². The standard InChI is InChI=1S/C22H21FN2O2S/c1-27-18-11-7-15(8-12-18)19-21(28)25(22(24-19)13-3-2-4-14-22)20(26)16-5-9-17(23)10-6-16/h5-12H,2-4,13-14H2,1H3. The molecule has 2 aromatic rings. The van der Waals surface area contributed by atoms with E-state index in [9.17, 15) is 9.18 Å². The summed E-state index contributed by atoms with van der Waals surface area (Å²) < 4.78 is 18.5. The molecule has 28 heavy (non-hydrogen) atoms. The van der Waals surface area contributed by atoms with E-state index in [1.54, 1.807) is 12.0 Å². The van der Waals surface area contributed by atoms with Crippen molar-refractivity contribution >= 4 is 28.8 Å². The Bertz CT molecular complexity index is 932. The second-order valence-electron chi connectivity index (χ2n) is 7.18. The lowest BCUT2D eigenvalue weighted by molar-refractivity contribution is 0.0648. The van der Waals surface area contributed by atoms with Crippen molar-refractivity contribution in [3.63, 3.8) is 0 Å². The minimum absolute atomic E-state index is 0.223. The van der Waals surface area contributed by atoms with Crippen molar-refractivity contribution in [3.8, 4) is 5.75 Å². The highest BCUT2D eigenvalue weighted by Crippen LogP contribution is 2.41. The zero-order valence-corrected chi connectivity index (χ0v) is 16.5. The Kier molecular flexibility index (Phi) is 4.98. The molecule has 0 radical (unpaired) electrons. The number of rotatable bonds is 3. The second kappa shape index (κ2) is 7.43. The lowest BCUT2D eigenvalue weighted by Gasteiger charge is -2.38. The van der Waals surface area contributed by atoms with Crippen LogP contribution >= 0.6 is 12.2 Å². The Morgan fingerprint density at radius 2 is 1.71 bits per heavy atom. The number of nitrogens with zero attached hydrogens (tertiary/aromatic N) is 2. The van der Waals surface area contributed by atoms with Crippen LogP contribution in [0.4, 0.5) is 4.39 Å². The molecule has 0 saturated heterocycles. The Morgan fingerprint density at radius 3 is 2.32 bits per heavy atom. The lowest BCUT2D eigenvalue weighted by Crippen LogP contribution is -2.50.